The molecule has 26 heavy (non-hydrogen) atoms. The molecule has 1 aromatic heterocycles. The third-order valence-corrected chi connectivity index (χ3v) is 4.92. The van der Waals surface area contributed by atoms with Crippen LogP contribution in [0.3, 0.4) is 0 Å². The Morgan fingerprint density at radius 3 is 2.27 bits per heavy atom. The van der Waals surface area contributed by atoms with Gasteiger partial charge in [-0.3, -0.25) is 0 Å². The Morgan fingerprint density at radius 2 is 1.62 bits per heavy atom. The average Bonchev–Trinajstić information content (AvgIpc) is 3.00. The molecule has 0 aliphatic carbocycles. The van der Waals surface area contributed by atoms with Gasteiger partial charge in [-0.1, -0.05) is 45.4 Å². The van der Waals surface area contributed by atoms with Crippen molar-refractivity contribution in [2.45, 2.75) is 64.8 Å². The molecule has 0 saturated heterocycles. The van der Waals surface area contributed by atoms with Crippen molar-refractivity contribution in [3.8, 4) is 11.5 Å². The molecule has 0 radical (unpaired) electrons. The molecule has 0 aliphatic rings. The lowest BCUT2D eigenvalue weighted by Crippen LogP contribution is -2.14. The molecular weight excluding hydrogens is 326 g/mol. The summed E-state index contributed by atoms with van der Waals surface area (Å²) in [6, 6.07) is 4.05. The smallest absolute Gasteiger partial charge is 0.163 e. The summed E-state index contributed by atoms with van der Waals surface area (Å²) < 4.78 is 13.3. The lowest BCUT2D eigenvalue weighted by Gasteiger charge is -2.11. The van der Waals surface area contributed by atoms with Crippen LogP contribution in [0.5, 0.6) is 11.5 Å². The number of imidazole rings is 1. The number of likely N-dealkylation sites (N-methyl/N-ethyl adjacent to an activating group) is 1. The topological polar surface area (TPSA) is 48.3 Å². The van der Waals surface area contributed by atoms with Crippen molar-refractivity contribution in [2.24, 2.45) is 0 Å². The van der Waals surface area contributed by atoms with E-state index < -0.39 is 0 Å². The highest BCUT2D eigenvalue weighted by molar-refractivity contribution is 5.80. The maximum atomic E-state index is 5.49. The van der Waals surface area contributed by atoms with Gasteiger partial charge in [-0.05, 0) is 13.5 Å². The van der Waals surface area contributed by atoms with Crippen LogP contribution >= 0.6 is 0 Å². The van der Waals surface area contributed by atoms with Gasteiger partial charge in [0.2, 0.25) is 0 Å². The number of methoxy groups -OCH3 is 2. The largest absolute Gasteiger partial charge is 0.493 e. The zero-order valence-corrected chi connectivity index (χ0v) is 16.9. The fourth-order valence-electron chi connectivity index (χ4n) is 3.41. The van der Waals surface area contributed by atoms with Crippen LogP contribution in [-0.4, -0.2) is 37.4 Å². The normalized spacial score (nSPS) is 11.2. The molecule has 5 heteroatoms. The highest BCUT2D eigenvalue weighted by atomic mass is 16.5. The third-order valence-electron chi connectivity index (χ3n) is 4.92. The lowest BCUT2D eigenvalue weighted by molar-refractivity contribution is 0.355. The molecule has 1 heterocycles. The summed E-state index contributed by atoms with van der Waals surface area (Å²) >= 11 is 0. The van der Waals surface area contributed by atoms with Gasteiger partial charge in [0.1, 0.15) is 5.82 Å². The minimum Gasteiger partial charge on any atom is -0.493 e. The first-order valence-corrected chi connectivity index (χ1v) is 10.0. The second-order valence-corrected chi connectivity index (χ2v) is 6.85. The fourth-order valence-corrected chi connectivity index (χ4v) is 3.41. The second-order valence-electron chi connectivity index (χ2n) is 6.85. The fraction of sp³-hybridized carbons (Fsp3) is 0.667. The number of nitrogens with one attached hydrogen (secondary N) is 1. The summed E-state index contributed by atoms with van der Waals surface area (Å²) in [4.78, 5) is 4.86. The Morgan fingerprint density at radius 1 is 0.962 bits per heavy atom. The first-order valence-electron chi connectivity index (χ1n) is 10.0. The van der Waals surface area contributed by atoms with Crippen molar-refractivity contribution in [2.75, 3.05) is 27.8 Å². The van der Waals surface area contributed by atoms with Crippen LogP contribution in [0.15, 0.2) is 12.1 Å². The van der Waals surface area contributed by atoms with E-state index in [1.54, 1.807) is 14.2 Å². The Bertz CT molecular complexity index is 667. The number of hydrogen-bond donors (Lipinski definition) is 1. The van der Waals surface area contributed by atoms with Gasteiger partial charge in [0.15, 0.2) is 11.5 Å². The predicted molar refractivity (Wildman–Crippen MR) is 108 cm³/mol. The van der Waals surface area contributed by atoms with Crippen molar-refractivity contribution in [3.05, 3.63) is 18.0 Å². The molecule has 0 aliphatic heterocycles. The molecule has 0 bridgehead atoms. The van der Waals surface area contributed by atoms with Crippen molar-refractivity contribution < 1.29 is 9.47 Å². The van der Waals surface area contributed by atoms with Gasteiger partial charge in [-0.25, -0.2) is 4.98 Å². The van der Waals surface area contributed by atoms with Gasteiger partial charge in [0.25, 0.3) is 0 Å². The van der Waals surface area contributed by atoms with Crippen LogP contribution in [0.1, 0.15) is 57.7 Å². The van der Waals surface area contributed by atoms with Crippen LogP contribution in [0.2, 0.25) is 0 Å². The van der Waals surface area contributed by atoms with Gasteiger partial charge >= 0.3 is 0 Å². The second kappa shape index (κ2) is 11.1. The van der Waals surface area contributed by atoms with E-state index >= 15 is 0 Å². The number of rotatable bonds is 13. The van der Waals surface area contributed by atoms with Crippen molar-refractivity contribution in [3.63, 3.8) is 0 Å². The van der Waals surface area contributed by atoms with Crippen molar-refractivity contribution in [1.82, 2.24) is 14.9 Å². The number of aryl methyl sites for hydroxylation is 1. The van der Waals surface area contributed by atoms with Crippen molar-refractivity contribution >= 4 is 11.0 Å². The van der Waals surface area contributed by atoms with Crippen LogP contribution in [-0.2, 0) is 13.0 Å². The van der Waals surface area contributed by atoms with E-state index in [9.17, 15) is 0 Å². The molecule has 0 atom stereocenters. The maximum Gasteiger partial charge on any atom is 0.163 e. The molecule has 0 unspecified atom stereocenters. The number of nitrogens with zero attached hydrogens (tertiary/aromatic N) is 2. The summed E-state index contributed by atoms with van der Waals surface area (Å²) in [7, 11) is 5.33. The number of ether oxygens (including phenoxy) is 2. The Hall–Kier alpha value is -1.75. The first-order chi connectivity index (χ1) is 12.7. The third kappa shape index (κ3) is 5.37. The monoisotopic (exact) mass is 361 g/mol. The van der Waals surface area contributed by atoms with E-state index in [0.29, 0.717) is 0 Å². The van der Waals surface area contributed by atoms with Crippen LogP contribution in [0.25, 0.3) is 11.0 Å². The summed E-state index contributed by atoms with van der Waals surface area (Å²) in [5, 5.41) is 3.23. The molecule has 2 aromatic rings. The number of fused-ring (bicyclic) bond motifs is 1. The summed E-state index contributed by atoms with van der Waals surface area (Å²) in [5.41, 5.74) is 2.12. The van der Waals surface area contributed by atoms with Crippen LogP contribution in [0.4, 0.5) is 0 Å². The Balaban J connectivity index is 2.12. The SMILES string of the molecule is CCCCCCCCCn1c(CCNC)nc2cc(OC)c(OC)cc21. The molecule has 5 nitrogen and oxygen atoms in total. The van der Waals surface area contributed by atoms with Gasteiger partial charge in [-0.15, -0.1) is 0 Å². The Labute approximate surface area is 158 Å². The molecule has 0 fully saturated rings. The molecule has 0 saturated carbocycles. The van der Waals surface area contributed by atoms with Crippen LogP contribution in [0, 0.1) is 0 Å². The first kappa shape index (κ1) is 20.6. The highest BCUT2D eigenvalue weighted by Gasteiger charge is 2.14. The number of aromatic nitrogens is 2. The van der Waals surface area contributed by atoms with Gasteiger partial charge < -0.3 is 19.4 Å². The molecule has 1 N–H and O–H groups in total. The average molecular weight is 362 g/mol. The molecular formula is C21H35N3O2. The predicted octanol–water partition coefficient (Wildman–Crippen LogP) is 4.57. The molecule has 2 rings (SSSR count). The minimum absolute atomic E-state index is 0.737. The van der Waals surface area contributed by atoms with E-state index in [2.05, 4.69) is 22.9 Å². The van der Waals surface area contributed by atoms with E-state index in [1.165, 1.54) is 44.9 Å². The van der Waals surface area contributed by atoms with Gasteiger partial charge in [0.05, 0.1) is 25.3 Å². The van der Waals surface area contributed by atoms with Gasteiger partial charge in [-0.2, -0.15) is 0 Å². The van der Waals surface area contributed by atoms with Gasteiger partial charge in [0, 0.05) is 31.6 Å². The number of unbranched alkanes of at least 4 members (excludes halogenated alkanes) is 6. The molecule has 0 amide bonds. The lowest BCUT2D eigenvalue weighted by atomic mass is 10.1. The molecule has 0 spiro atoms. The number of benzene rings is 1. The zero-order chi connectivity index (χ0) is 18.8. The Kier molecular flexibility index (Phi) is 8.75. The quantitative estimate of drug-likeness (QED) is 0.531. The minimum atomic E-state index is 0.737. The van der Waals surface area contributed by atoms with E-state index in [1.807, 2.05) is 13.1 Å². The summed E-state index contributed by atoms with van der Waals surface area (Å²) in [6.45, 7) is 4.20. The van der Waals surface area contributed by atoms with E-state index in [4.69, 9.17) is 14.5 Å². The van der Waals surface area contributed by atoms with Crippen LogP contribution < -0.4 is 14.8 Å². The zero-order valence-electron chi connectivity index (χ0n) is 16.9. The summed E-state index contributed by atoms with van der Waals surface area (Å²) in [5.74, 6) is 2.64. The number of hydrogen-bond acceptors (Lipinski definition) is 4. The molecule has 146 valence electrons. The van der Waals surface area contributed by atoms with Crippen molar-refractivity contribution in [1.29, 1.82) is 0 Å². The highest BCUT2D eigenvalue weighted by Crippen LogP contribution is 2.32. The standard InChI is InChI=1S/C21H35N3O2/c1-5-6-7-8-9-10-11-14-24-18-16-20(26-4)19(25-3)15-17(18)23-21(24)12-13-22-2/h15-16,22H,5-14H2,1-4H3. The van der Waals surface area contributed by atoms with E-state index in [0.717, 1.165) is 47.9 Å². The summed E-state index contributed by atoms with van der Waals surface area (Å²) in [6.07, 6.45) is 10.1. The van der Waals surface area contributed by atoms with E-state index in [-0.39, 0.29) is 0 Å². The maximum absolute atomic E-state index is 5.49. The molecule has 1 aromatic carbocycles.